The molecule has 0 saturated heterocycles. The number of halogens is 1. The Labute approximate surface area is 125 Å². The number of amides is 1. The first-order valence-corrected chi connectivity index (χ1v) is 7.68. The van der Waals surface area contributed by atoms with E-state index in [9.17, 15) is 9.18 Å². The molecule has 3 nitrogen and oxygen atoms in total. The van der Waals surface area contributed by atoms with Crippen LogP contribution in [0.5, 0.6) is 0 Å². The van der Waals surface area contributed by atoms with Gasteiger partial charge in [-0.1, -0.05) is 32.3 Å². The first-order valence-electron chi connectivity index (χ1n) is 7.68. The summed E-state index contributed by atoms with van der Waals surface area (Å²) in [7, 11) is 0. The molecule has 1 aromatic carbocycles. The maximum absolute atomic E-state index is 14.2. The lowest BCUT2D eigenvalue weighted by Gasteiger charge is -2.34. The van der Waals surface area contributed by atoms with Crippen molar-refractivity contribution in [1.82, 2.24) is 4.90 Å². The Kier molecular flexibility index (Phi) is 5.32. The van der Waals surface area contributed by atoms with Gasteiger partial charge in [0, 0.05) is 12.6 Å². The Hall–Kier alpha value is -1.89. The fraction of sp³-hybridized carbons (Fsp3) is 0.529. The highest BCUT2D eigenvalue weighted by Crippen LogP contribution is 2.25. The molecule has 1 fully saturated rings. The number of rotatable bonds is 4. The highest BCUT2D eigenvalue weighted by molar-refractivity contribution is 5.95. The van der Waals surface area contributed by atoms with Crippen LogP contribution in [-0.2, 0) is 0 Å². The molecule has 0 radical (unpaired) electrons. The number of nitrogens with zero attached hydrogens (tertiary/aromatic N) is 2. The minimum atomic E-state index is -0.693. The smallest absolute Gasteiger partial charge is 0.257 e. The lowest BCUT2D eigenvalue weighted by Crippen LogP contribution is -2.42. The molecule has 0 aliphatic heterocycles. The number of hydrogen-bond donors (Lipinski definition) is 0. The van der Waals surface area contributed by atoms with E-state index in [4.69, 9.17) is 5.26 Å². The van der Waals surface area contributed by atoms with E-state index in [1.807, 2.05) is 6.92 Å². The molecule has 1 amide bonds. The average molecular weight is 288 g/mol. The predicted molar refractivity (Wildman–Crippen MR) is 79.3 cm³/mol. The van der Waals surface area contributed by atoms with Crippen molar-refractivity contribution in [2.24, 2.45) is 0 Å². The molecule has 0 heterocycles. The van der Waals surface area contributed by atoms with E-state index in [1.165, 1.54) is 18.6 Å². The van der Waals surface area contributed by atoms with Crippen LogP contribution in [0.1, 0.15) is 61.4 Å². The molecule has 1 aliphatic carbocycles. The fourth-order valence-corrected chi connectivity index (χ4v) is 3.02. The van der Waals surface area contributed by atoms with Crippen LogP contribution in [0.25, 0.3) is 0 Å². The van der Waals surface area contributed by atoms with Gasteiger partial charge in [0.1, 0.15) is 6.07 Å². The molecule has 112 valence electrons. The maximum Gasteiger partial charge on any atom is 0.257 e. The number of hydrogen-bond acceptors (Lipinski definition) is 2. The summed E-state index contributed by atoms with van der Waals surface area (Å²) in [5.41, 5.74) is -0.0472. The molecule has 21 heavy (non-hydrogen) atoms. The third-order valence-corrected chi connectivity index (χ3v) is 4.09. The Balaban J connectivity index is 2.28. The minimum Gasteiger partial charge on any atom is -0.336 e. The third kappa shape index (κ3) is 3.41. The minimum absolute atomic E-state index is 0.0214. The normalized spacial score (nSPS) is 15.5. The summed E-state index contributed by atoms with van der Waals surface area (Å²) in [5.74, 6) is -0.972. The van der Waals surface area contributed by atoms with E-state index in [1.54, 1.807) is 17.0 Å². The second kappa shape index (κ2) is 7.21. The molecular formula is C17H21FN2O. The highest BCUT2D eigenvalue weighted by atomic mass is 19.1. The van der Waals surface area contributed by atoms with Crippen molar-refractivity contribution >= 4 is 5.91 Å². The molecule has 0 unspecified atom stereocenters. The van der Waals surface area contributed by atoms with Crippen molar-refractivity contribution in [3.63, 3.8) is 0 Å². The van der Waals surface area contributed by atoms with Gasteiger partial charge in [0.25, 0.3) is 5.91 Å². The van der Waals surface area contributed by atoms with Crippen LogP contribution < -0.4 is 0 Å². The predicted octanol–water partition coefficient (Wildman–Crippen LogP) is 3.88. The second-order valence-electron chi connectivity index (χ2n) is 5.57. The van der Waals surface area contributed by atoms with Gasteiger partial charge < -0.3 is 4.90 Å². The van der Waals surface area contributed by atoms with Crippen LogP contribution in [0.4, 0.5) is 4.39 Å². The lowest BCUT2D eigenvalue weighted by molar-refractivity contribution is 0.0629. The van der Waals surface area contributed by atoms with Crippen LogP contribution in [0, 0.1) is 17.1 Å². The van der Waals surface area contributed by atoms with Gasteiger partial charge >= 0.3 is 0 Å². The number of carbonyl (C=O) groups is 1. The molecule has 1 saturated carbocycles. The molecule has 2 rings (SSSR count). The van der Waals surface area contributed by atoms with Gasteiger partial charge in [-0.3, -0.25) is 4.79 Å². The molecule has 1 aliphatic rings. The zero-order valence-electron chi connectivity index (χ0n) is 12.4. The van der Waals surface area contributed by atoms with Gasteiger partial charge in [-0.2, -0.15) is 5.26 Å². The van der Waals surface area contributed by atoms with Crippen LogP contribution in [0.2, 0.25) is 0 Å². The van der Waals surface area contributed by atoms with Gasteiger partial charge in [-0.05, 0) is 31.4 Å². The van der Waals surface area contributed by atoms with E-state index in [-0.39, 0.29) is 23.1 Å². The van der Waals surface area contributed by atoms with Crippen molar-refractivity contribution in [2.45, 2.75) is 51.5 Å². The first kappa shape index (κ1) is 15.5. The summed E-state index contributed by atoms with van der Waals surface area (Å²) in [6.45, 7) is 2.66. The van der Waals surface area contributed by atoms with Gasteiger partial charge in [0.05, 0.1) is 11.1 Å². The number of nitriles is 1. The molecule has 1 aromatic rings. The molecule has 0 aromatic heterocycles. The van der Waals surface area contributed by atoms with E-state index in [0.717, 1.165) is 32.1 Å². The quantitative estimate of drug-likeness (QED) is 0.843. The standard InChI is InChI=1S/C17H21FN2O/c1-2-11-20(14-8-4-3-5-9-14)17(21)15-10-6-7-13(12-19)16(15)18/h6-7,10,14H,2-5,8-9,11H2,1H3. The van der Waals surface area contributed by atoms with Gasteiger partial charge in [0.2, 0.25) is 0 Å². The van der Waals surface area contributed by atoms with Crippen molar-refractivity contribution in [3.05, 3.63) is 35.1 Å². The Bertz CT molecular complexity index is 544. The molecule has 0 atom stereocenters. The Morgan fingerprint density at radius 1 is 1.38 bits per heavy atom. The monoisotopic (exact) mass is 288 g/mol. The SMILES string of the molecule is CCCN(C(=O)c1cccc(C#N)c1F)C1CCCCC1. The Morgan fingerprint density at radius 2 is 2.10 bits per heavy atom. The summed E-state index contributed by atoms with van der Waals surface area (Å²) >= 11 is 0. The molecule has 0 bridgehead atoms. The van der Waals surface area contributed by atoms with Gasteiger partial charge in [0.15, 0.2) is 5.82 Å². The molecule has 0 N–H and O–H groups in total. The topological polar surface area (TPSA) is 44.1 Å². The summed E-state index contributed by atoms with van der Waals surface area (Å²) in [5, 5.41) is 8.90. The van der Waals surface area contributed by atoms with Crippen molar-refractivity contribution < 1.29 is 9.18 Å². The second-order valence-corrected chi connectivity index (χ2v) is 5.57. The Morgan fingerprint density at radius 3 is 2.71 bits per heavy atom. The average Bonchev–Trinajstić information content (AvgIpc) is 2.53. The number of benzene rings is 1. The third-order valence-electron chi connectivity index (χ3n) is 4.09. The summed E-state index contributed by atoms with van der Waals surface area (Å²) < 4.78 is 14.2. The van der Waals surface area contributed by atoms with E-state index >= 15 is 0 Å². The molecule has 0 spiro atoms. The molecular weight excluding hydrogens is 267 g/mol. The maximum atomic E-state index is 14.2. The zero-order valence-corrected chi connectivity index (χ0v) is 12.4. The fourth-order valence-electron chi connectivity index (χ4n) is 3.02. The van der Waals surface area contributed by atoms with E-state index < -0.39 is 5.82 Å². The van der Waals surface area contributed by atoms with E-state index in [0.29, 0.717) is 6.54 Å². The highest BCUT2D eigenvalue weighted by Gasteiger charge is 2.27. The van der Waals surface area contributed by atoms with Crippen LogP contribution in [0.3, 0.4) is 0 Å². The van der Waals surface area contributed by atoms with Crippen molar-refractivity contribution in [3.8, 4) is 6.07 Å². The summed E-state index contributed by atoms with van der Waals surface area (Å²) in [6, 6.07) is 6.45. The van der Waals surface area contributed by atoms with Crippen LogP contribution in [-0.4, -0.2) is 23.4 Å². The van der Waals surface area contributed by atoms with E-state index in [2.05, 4.69) is 0 Å². The lowest BCUT2D eigenvalue weighted by atomic mass is 9.93. The van der Waals surface area contributed by atoms with Crippen molar-refractivity contribution in [1.29, 1.82) is 5.26 Å². The van der Waals surface area contributed by atoms with Crippen molar-refractivity contribution in [2.75, 3.05) is 6.54 Å². The largest absolute Gasteiger partial charge is 0.336 e. The summed E-state index contributed by atoms with van der Waals surface area (Å²) in [6.07, 6.45) is 6.29. The summed E-state index contributed by atoms with van der Waals surface area (Å²) in [4.78, 5) is 14.5. The van der Waals surface area contributed by atoms with Gasteiger partial charge in [-0.25, -0.2) is 4.39 Å². The zero-order chi connectivity index (χ0) is 15.2. The van der Waals surface area contributed by atoms with Crippen LogP contribution in [0.15, 0.2) is 18.2 Å². The van der Waals surface area contributed by atoms with Gasteiger partial charge in [-0.15, -0.1) is 0 Å². The van der Waals surface area contributed by atoms with Crippen LogP contribution >= 0.6 is 0 Å². The first-order chi connectivity index (χ1) is 10.2. The number of carbonyl (C=O) groups excluding carboxylic acids is 1. The molecule has 4 heteroatoms.